The molecule has 0 atom stereocenters. The van der Waals surface area contributed by atoms with Crippen molar-refractivity contribution in [1.82, 2.24) is 0 Å². The summed E-state index contributed by atoms with van der Waals surface area (Å²) in [6.45, 7) is 8.54. The first-order valence-electron chi connectivity index (χ1n) is 4.77. The standard InChI is InChI=1S/C12H16O/c1-8-5-9(2)11-10(6-8)7-12(3,4)13-11/h5-6H,7H2,1-4H3. The molecule has 13 heavy (non-hydrogen) atoms. The number of benzene rings is 1. The van der Waals surface area contributed by atoms with E-state index < -0.39 is 0 Å². The van der Waals surface area contributed by atoms with Gasteiger partial charge in [-0.25, -0.2) is 0 Å². The topological polar surface area (TPSA) is 9.23 Å². The summed E-state index contributed by atoms with van der Waals surface area (Å²) in [4.78, 5) is 0. The van der Waals surface area contributed by atoms with E-state index in [2.05, 4.69) is 39.8 Å². The molecule has 0 unspecified atom stereocenters. The van der Waals surface area contributed by atoms with Crippen molar-refractivity contribution >= 4 is 0 Å². The Morgan fingerprint density at radius 2 is 1.92 bits per heavy atom. The van der Waals surface area contributed by atoms with E-state index >= 15 is 0 Å². The predicted octanol–water partition coefficient (Wildman–Crippen LogP) is 3.02. The third kappa shape index (κ3) is 1.43. The lowest BCUT2D eigenvalue weighted by Gasteiger charge is -2.17. The van der Waals surface area contributed by atoms with Gasteiger partial charge in [0.15, 0.2) is 0 Å². The summed E-state index contributed by atoms with van der Waals surface area (Å²) in [5.41, 5.74) is 3.95. The molecule has 1 aromatic rings. The Kier molecular flexibility index (Phi) is 1.66. The largest absolute Gasteiger partial charge is 0.487 e. The van der Waals surface area contributed by atoms with Crippen molar-refractivity contribution in [3.8, 4) is 5.75 Å². The molecule has 1 aliphatic heterocycles. The SMILES string of the molecule is Cc1cc(C)c2c(c1)CC(C)(C)O2. The van der Waals surface area contributed by atoms with Crippen LogP contribution in [0.5, 0.6) is 5.75 Å². The third-order valence-electron chi connectivity index (χ3n) is 2.49. The average Bonchev–Trinajstić information content (AvgIpc) is 2.23. The molecule has 0 amide bonds. The Balaban J connectivity index is 2.52. The summed E-state index contributed by atoms with van der Waals surface area (Å²) < 4.78 is 5.88. The molecule has 1 nitrogen and oxygen atoms in total. The highest BCUT2D eigenvalue weighted by molar-refractivity contribution is 5.47. The van der Waals surface area contributed by atoms with Crippen molar-refractivity contribution < 1.29 is 4.74 Å². The number of rotatable bonds is 0. The zero-order valence-electron chi connectivity index (χ0n) is 8.77. The predicted molar refractivity (Wildman–Crippen MR) is 54.3 cm³/mol. The van der Waals surface area contributed by atoms with Crippen LogP contribution in [0.3, 0.4) is 0 Å². The van der Waals surface area contributed by atoms with Crippen molar-refractivity contribution in [1.29, 1.82) is 0 Å². The fourth-order valence-electron chi connectivity index (χ4n) is 2.09. The third-order valence-corrected chi connectivity index (χ3v) is 2.49. The lowest BCUT2D eigenvalue weighted by Crippen LogP contribution is -2.24. The number of hydrogen-bond acceptors (Lipinski definition) is 1. The minimum atomic E-state index is -0.0130. The highest BCUT2D eigenvalue weighted by Crippen LogP contribution is 2.37. The summed E-state index contributed by atoms with van der Waals surface area (Å²) in [6.07, 6.45) is 1.03. The molecule has 1 aliphatic rings. The van der Waals surface area contributed by atoms with Crippen LogP contribution < -0.4 is 4.74 Å². The molecular formula is C12H16O. The smallest absolute Gasteiger partial charge is 0.126 e. The molecule has 0 spiro atoms. The average molecular weight is 176 g/mol. The Labute approximate surface area is 79.7 Å². The zero-order chi connectivity index (χ0) is 9.64. The van der Waals surface area contributed by atoms with E-state index in [1.165, 1.54) is 16.7 Å². The van der Waals surface area contributed by atoms with Crippen LogP contribution in [0.15, 0.2) is 12.1 Å². The summed E-state index contributed by atoms with van der Waals surface area (Å²) in [6, 6.07) is 4.41. The van der Waals surface area contributed by atoms with Crippen molar-refractivity contribution in [2.24, 2.45) is 0 Å². The summed E-state index contributed by atoms with van der Waals surface area (Å²) in [7, 11) is 0. The van der Waals surface area contributed by atoms with Gasteiger partial charge in [-0.3, -0.25) is 0 Å². The van der Waals surface area contributed by atoms with Gasteiger partial charge in [-0.05, 0) is 38.8 Å². The fourth-order valence-corrected chi connectivity index (χ4v) is 2.09. The van der Waals surface area contributed by atoms with Gasteiger partial charge in [0.1, 0.15) is 11.4 Å². The summed E-state index contributed by atoms with van der Waals surface area (Å²) >= 11 is 0. The minimum Gasteiger partial charge on any atom is -0.487 e. The van der Waals surface area contributed by atoms with E-state index in [1.807, 2.05) is 0 Å². The lowest BCUT2D eigenvalue weighted by molar-refractivity contribution is 0.137. The lowest BCUT2D eigenvalue weighted by atomic mass is 9.99. The van der Waals surface area contributed by atoms with Crippen molar-refractivity contribution in [3.05, 3.63) is 28.8 Å². The van der Waals surface area contributed by atoms with Crippen LogP contribution in [0, 0.1) is 13.8 Å². The number of aryl methyl sites for hydroxylation is 2. The highest BCUT2D eigenvalue weighted by Gasteiger charge is 2.30. The van der Waals surface area contributed by atoms with Gasteiger partial charge in [-0.15, -0.1) is 0 Å². The van der Waals surface area contributed by atoms with Crippen molar-refractivity contribution in [3.63, 3.8) is 0 Å². The van der Waals surface area contributed by atoms with Crippen LogP contribution in [0.4, 0.5) is 0 Å². The molecule has 1 aromatic carbocycles. The molecule has 1 heterocycles. The summed E-state index contributed by atoms with van der Waals surface area (Å²) in [5, 5.41) is 0. The quantitative estimate of drug-likeness (QED) is 0.590. The first kappa shape index (κ1) is 8.61. The molecule has 0 bridgehead atoms. The van der Waals surface area contributed by atoms with Crippen molar-refractivity contribution in [2.75, 3.05) is 0 Å². The van der Waals surface area contributed by atoms with Crippen LogP contribution in [-0.4, -0.2) is 5.60 Å². The number of fused-ring (bicyclic) bond motifs is 1. The highest BCUT2D eigenvalue weighted by atomic mass is 16.5. The maximum absolute atomic E-state index is 5.88. The van der Waals surface area contributed by atoms with E-state index in [-0.39, 0.29) is 5.60 Å². The van der Waals surface area contributed by atoms with Crippen LogP contribution in [-0.2, 0) is 6.42 Å². The number of ether oxygens (including phenoxy) is 1. The van der Waals surface area contributed by atoms with E-state index in [9.17, 15) is 0 Å². The first-order chi connectivity index (χ1) is 5.98. The van der Waals surface area contributed by atoms with Gasteiger partial charge in [0.2, 0.25) is 0 Å². The van der Waals surface area contributed by atoms with Gasteiger partial charge in [-0.2, -0.15) is 0 Å². The Morgan fingerprint density at radius 3 is 2.62 bits per heavy atom. The number of hydrogen-bond donors (Lipinski definition) is 0. The molecule has 0 saturated carbocycles. The van der Waals surface area contributed by atoms with E-state index in [4.69, 9.17) is 4.74 Å². The van der Waals surface area contributed by atoms with Crippen molar-refractivity contribution in [2.45, 2.75) is 39.7 Å². The molecule has 0 fully saturated rings. The molecule has 1 heteroatoms. The van der Waals surface area contributed by atoms with Gasteiger partial charge in [-0.1, -0.05) is 17.7 Å². The molecule has 0 aromatic heterocycles. The zero-order valence-corrected chi connectivity index (χ0v) is 8.77. The van der Waals surface area contributed by atoms with Gasteiger partial charge in [0.25, 0.3) is 0 Å². The normalized spacial score (nSPS) is 18.2. The second-order valence-corrected chi connectivity index (χ2v) is 4.61. The van der Waals surface area contributed by atoms with E-state index in [1.54, 1.807) is 0 Å². The van der Waals surface area contributed by atoms with Crippen LogP contribution in [0.25, 0.3) is 0 Å². The molecule has 2 rings (SSSR count). The van der Waals surface area contributed by atoms with Crippen LogP contribution in [0.1, 0.15) is 30.5 Å². The molecule has 0 aliphatic carbocycles. The van der Waals surface area contributed by atoms with Gasteiger partial charge < -0.3 is 4.74 Å². The first-order valence-corrected chi connectivity index (χ1v) is 4.77. The Hall–Kier alpha value is -0.980. The second kappa shape index (κ2) is 2.50. The van der Waals surface area contributed by atoms with E-state index in [0.717, 1.165) is 12.2 Å². The van der Waals surface area contributed by atoms with E-state index in [0.29, 0.717) is 0 Å². The minimum absolute atomic E-state index is 0.0130. The van der Waals surface area contributed by atoms with Crippen LogP contribution >= 0.6 is 0 Å². The fraction of sp³-hybridized carbons (Fsp3) is 0.500. The monoisotopic (exact) mass is 176 g/mol. The maximum atomic E-state index is 5.88. The van der Waals surface area contributed by atoms with Gasteiger partial charge in [0.05, 0.1) is 0 Å². The molecule has 0 N–H and O–H groups in total. The maximum Gasteiger partial charge on any atom is 0.126 e. The Morgan fingerprint density at radius 1 is 1.23 bits per heavy atom. The molecule has 0 radical (unpaired) electrons. The second-order valence-electron chi connectivity index (χ2n) is 4.61. The molecular weight excluding hydrogens is 160 g/mol. The molecule has 70 valence electrons. The van der Waals surface area contributed by atoms with Gasteiger partial charge >= 0.3 is 0 Å². The van der Waals surface area contributed by atoms with Crippen LogP contribution in [0.2, 0.25) is 0 Å². The molecule has 0 saturated heterocycles. The summed E-state index contributed by atoms with van der Waals surface area (Å²) in [5.74, 6) is 1.11. The van der Waals surface area contributed by atoms with Gasteiger partial charge in [0, 0.05) is 6.42 Å². The Bertz CT molecular complexity index is 350.